The molecule has 1 fully saturated rings. The Morgan fingerprint density at radius 2 is 1.83 bits per heavy atom. The summed E-state index contributed by atoms with van der Waals surface area (Å²) in [7, 11) is 0. The fourth-order valence-electron chi connectivity index (χ4n) is 4.15. The second-order valence-corrected chi connectivity index (χ2v) is 8.49. The van der Waals surface area contributed by atoms with Gasteiger partial charge in [0.05, 0.1) is 25.5 Å². The number of anilines is 2. The summed E-state index contributed by atoms with van der Waals surface area (Å²) in [5, 5.41) is 3.31. The van der Waals surface area contributed by atoms with Gasteiger partial charge in [-0.3, -0.25) is 0 Å². The number of fused-ring (bicyclic) bond motifs is 7. The molecule has 35 heavy (non-hydrogen) atoms. The van der Waals surface area contributed by atoms with E-state index in [4.69, 9.17) is 14.5 Å². The van der Waals surface area contributed by atoms with Gasteiger partial charge in [-0.15, -0.1) is 0 Å². The van der Waals surface area contributed by atoms with Gasteiger partial charge in [0, 0.05) is 43.6 Å². The van der Waals surface area contributed by atoms with Crippen LogP contribution in [0.15, 0.2) is 72.9 Å². The number of aromatic nitrogens is 2. The molecule has 0 aliphatic carbocycles. The van der Waals surface area contributed by atoms with Crippen molar-refractivity contribution < 1.29 is 14.3 Å². The van der Waals surface area contributed by atoms with Crippen LogP contribution in [0.25, 0.3) is 11.3 Å². The van der Waals surface area contributed by atoms with E-state index in [0.29, 0.717) is 51.9 Å². The molecule has 0 saturated carbocycles. The molecule has 1 saturated heterocycles. The van der Waals surface area contributed by atoms with Crippen LogP contribution in [0.4, 0.5) is 16.4 Å². The Labute approximate surface area is 205 Å². The number of hydrogen-bond acceptors (Lipinski definition) is 6. The summed E-state index contributed by atoms with van der Waals surface area (Å²) in [6.07, 6.45) is 6.61. The van der Waals surface area contributed by atoms with Gasteiger partial charge in [-0.1, -0.05) is 36.4 Å². The van der Waals surface area contributed by atoms with E-state index in [1.165, 1.54) is 0 Å². The number of rotatable bonds is 0. The van der Waals surface area contributed by atoms with Crippen molar-refractivity contribution in [2.45, 2.75) is 13.0 Å². The molecule has 8 nitrogen and oxygen atoms in total. The maximum Gasteiger partial charge on any atom is 0.320 e. The van der Waals surface area contributed by atoms with Gasteiger partial charge in [-0.05, 0) is 42.3 Å². The fraction of sp³-hybridized carbons (Fsp3) is 0.296. The number of amides is 2. The van der Waals surface area contributed by atoms with Crippen molar-refractivity contribution in [3.05, 3.63) is 78.5 Å². The molecule has 2 amide bonds. The summed E-state index contributed by atoms with van der Waals surface area (Å²) in [6.45, 7) is 3.95. The Balaban J connectivity index is 1.43. The van der Waals surface area contributed by atoms with Crippen LogP contribution in [-0.2, 0) is 11.3 Å². The van der Waals surface area contributed by atoms with Crippen LogP contribution < -0.4 is 10.1 Å². The molecule has 0 spiro atoms. The summed E-state index contributed by atoms with van der Waals surface area (Å²) in [6, 6.07) is 17.8. The van der Waals surface area contributed by atoms with Gasteiger partial charge in [0.1, 0.15) is 5.75 Å². The predicted octanol–water partition coefficient (Wildman–Crippen LogP) is 4.48. The van der Waals surface area contributed by atoms with Gasteiger partial charge in [-0.2, -0.15) is 0 Å². The number of benzene rings is 2. The summed E-state index contributed by atoms with van der Waals surface area (Å²) >= 11 is 0. The molecule has 8 heteroatoms. The summed E-state index contributed by atoms with van der Waals surface area (Å²) in [4.78, 5) is 26.1. The SMILES string of the molecule is O=C(N1CCOCC1)N1CC=CCCOc2cccc(c2)-c2ccnc(n2)Nc2cccc(c2)C1. The first-order valence-electron chi connectivity index (χ1n) is 11.9. The third-order valence-electron chi connectivity index (χ3n) is 5.94. The molecular weight excluding hydrogens is 442 g/mol. The second kappa shape index (κ2) is 11.0. The molecule has 2 aliphatic heterocycles. The fourth-order valence-corrected chi connectivity index (χ4v) is 4.15. The lowest BCUT2D eigenvalue weighted by Gasteiger charge is -2.32. The molecule has 2 aromatic carbocycles. The average Bonchev–Trinajstić information content (AvgIpc) is 2.90. The van der Waals surface area contributed by atoms with Crippen LogP contribution in [0.1, 0.15) is 12.0 Å². The highest BCUT2D eigenvalue weighted by Crippen LogP contribution is 2.24. The summed E-state index contributed by atoms with van der Waals surface area (Å²) < 4.78 is 11.4. The van der Waals surface area contributed by atoms with Gasteiger partial charge in [0.2, 0.25) is 5.95 Å². The lowest BCUT2D eigenvalue weighted by molar-refractivity contribution is 0.0436. The van der Waals surface area contributed by atoms with Crippen molar-refractivity contribution in [1.82, 2.24) is 19.8 Å². The molecule has 3 aromatic rings. The van der Waals surface area contributed by atoms with Crippen LogP contribution in [0.5, 0.6) is 5.75 Å². The Morgan fingerprint density at radius 1 is 0.943 bits per heavy atom. The van der Waals surface area contributed by atoms with E-state index in [1.807, 2.05) is 70.5 Å². The van der Waals surface area contributed by atoms with Crippen LogP contribution >= 0.6 is 0 Å². The molecule has 180 valence electrons. The first-order valence-corrected chi connectivity index (χ1v) is 11.9. The van der Waals surface area contributed by atoms with Crippen molar-refractivity contribution in [2.24, 2.45) is 0 Å². The maximum atomic E-state index is 13.3. The number of morpholine rings is 1. The number of nitrogens with zero attached hydrogens (tertiary/aromatic N) is 4. The third kappa shape index (κ3) is 5.96. The number of hydrogen-bond donors (Lipinski definition) is 1. The van der Waals surface area contributed by atoms with Gasteiger partial charge < -0.3 is 24.6 Å². The Morgan fingerprint density at radius 3 is 2.74 bits per heavy atom. The van der Waals surface area contributed by atoms with E-state index in [9.17, 15) is 4.79 Å². The molecule has 3 heterocycles. The lowest BCUT2D eigenvalue weighted by Crippen LogP contribution is -2.48. The van der Waals surface area contributed by atoms with Crippen molar-refractivity contribution in [3.63, 3.8) is 0 Å². The van der Waals surface area contributed by atoms with Crippen molar-refractivity contribution in [3.8, 4) is 17.0 Å². The van der Waals surface area contributed by atoms with Gasteiger partial charge in [-0.25, -0.2) is 14.8 Å². The van der Waals surface area contributed by atoms with E-state index >= 15 is 0 Å². The third-order valence-corrected chi connectivity index (χ3v) is 5.94. The van der Waals surface area contributed by atoms with Crippen molar-refractivity contribution in [2.75, 3.05) is 44.8 Å². The van der Waals surface area contributed by atoms with Gasteiger partial charge in [0.15, 0.2) is 0 Å². The Bertz CT molecular complexity index is 1190. The molecule has 6 bridgehead atoms. The smallest absolute Gasteiger partial charge is 0.320 e. The van der Waals surface area contributed by atoms with E-state index in [2.05, 4.69) is 16.4 Å². The normalized spacial score (nSPS) is 16.5. The summed E-state index contributed by atoms with van der Waals surface area (Å²) in [5.74, 6) is 1.30. The van der Waals surface area contributed by atoms with E-state index in [0.717, 1.165) is 34.7 Å². The van der Waals surface area contributed by atoms with Crippen LogP contribution in [-0.4, -0.2) is 65.3 Å². The van der Waals surface area contributed by atoms with Crippen LogP contribution in [0.3, 0.4) is 0 Å². The highest BCUT2D eigenvalue weighted by atomic mass is 16.5. The highest BCUT2D eigenvalue weighted by Gasteiger charge is 2.22. The second-order valence-electron chi connectivity index (χ2n) is 8.49. The quantitative estimate of drug-likeness (QED) is 0.487. The van der Waals surface area contributed by atoms with Crippen LogP contribution in [0, 0.1) is 0 Å². The molecule has 0 unspecified atom stereocenters. The minimum absolute atomic E-state index is 0.0230. The molecule has 1 aromatic heterocycles. The Kier molecular flexibility index (Phi) is 7.19. The topological polar surface area (TPSA) is 79.8 Å². The number of nitrogens with one attached hydrogen (secondary N) is 1. The number of carbonyl (C=O) groups is 1. The molecule has 0 atom stereocenters. The summed E-state index contributed by atoms with van der Waals surface area (Å²) in [5.41, 5.74) is 3.67. The van der Waals surface area contributed by atoms with Crippen LogP contribution in [0.2, 0.25) is 0 Å². The van der Waals surface area contributed by atoms with E-state index in [1.54, 1.807) is 6.20 Å². The lowest BCUT2D eigenvalue weighted by atomic mass is 10.1. The number of carbonyl (C=O) groups excluding carboxylic acids is 1. The minimum atomic E-state index is 0.0230. The Hall–Kier alpha value is -3.91. The van der Waals surface area contributed by atoms with Crippen molar-refractivity contribution in [1.29, 1.82) is 0 Å². The average molecular weight is 472 g/mol. The molecule has 0 radical (unpaired) electrons. The largest absolute Gasteiger partial charge is 0.493 e. The maximum absolute atomic E-state index is 13.3. The molecule has 1 N–H and O–H groups in total. The number of ether oxygens (including phenoxy) is 2. The van der Waals surface area contributed by atoms with Crippen molar-refractivity contribution >= 4 is 17.7 Å². The van der Waals surface area contributed by atoms with E-state index in [-0.39, 0.29) is 6.03 Å². The monoisotopic (exact) mass is 471 g/mol. The zero-order valence-corrected chi connectivity index (χ0v) is 19.6. The standard InChI is InChI=1S/C27H29N5O3/c33-27(31-13-16-34-17-14-31)32-12-2-1-3-15-35-24-9-5-7-22(19-24)25-10-11-28-26(30-25)29-23-8-4-6-21(18-23)20-32/h1-2,4-11,18-19H,3,12-17,20H2,(H,28,29,30). The molecule has 5 rings (SSSR count). The van der Waals surface area contributed by atoms with Gasteiger partial charge in [0.25, 0.3) is 0 Å². The van der Waals surface area contributed by atoms with Gasteiger partial charge >= 0.3 is 6.03 Å². The predicted molar refractivity (Wildman–Crippen MR) is 135 cm³/mol. The minimum Gasteiger partial charge on any atom is -0.493 e. The molecule has 2 aliphatic rings. The zero-order chi connectivity index (χ0) is 23.9. The molecular formula is C27H29N5O3. The number of urea groups is 1. The van der Waals surface area contributed by atoms with E-state index < -0.39 is 0 Å². The zero-order valence-electron chi connectivity index (χ0n) is 19.6. The first-order chi connectivity index (χ1) is 17.2. The highest BCUT2D eigenvalue weighted by molar-refractivity contribution is 5.75. The first kappa shape index (κ1) is 22.9.